The van der Waals surface area contributed by atoms with Gasteiger partial charge in [0.1, 0.15) is 0 Å². The Morgan fingerprint density at radius 3 is 2.65 bits per heavy atom. The van der Waals surface area contributed by atoms with Crippen LogP contribution in [-0.4, -0.2) is 26.4 Å². The molecule has 1 N–H and O–H groups in total. The van der Waals surface area contributed by atoms with Crippen LogP contribution >= 0.6 is 23.4 Å². The zero-order chi connectivity index (χ0) is 18.7. The Labute approximate surface area is 161 Å². The molecule has 26 heavy (non-hydrogen) atoms. The summed E-state index contributed by atoms with van der Waals surface area (Å²) in [7, 11) is 1.86. The van der Waals surface area contributed by atoms with E-state index in [0.29, 0.717) is 16.0 Å². The van der Waals surface area contributed by atoms with E-state index >= 15 is 0 Å². The number of hydrogen-bond acceptors (Lipinski definition) is 4. The van der Waals surface area contributed by atoms with Crippen molar-refractivity contribution in [2.45, 2.75) is 19.0 Å². The van der Waals surface area contributed by atoms with E-state index in [0.717, 1.165) is 16.8 Å². The minimum absolute atomic E-state index is 0.0828. The minimum atomic E-state index is -0.0828. The molecular formula is C19H19ClN4OS. The van der Waals surface area contributed by atoms with Crippen molar-refractivity contribution in [3.8, 4) is 11.4 Å². The third-order valence-corrected chi connectivity index (χ3v) is 5.42. The van der Waals surface area contributed by atoms with E-state index < -0.39 is 0 Å². The summed E-state index contributed by atoms with van der Waals surface area (Å²) in [4.78, 5) is 12.2. The molecule has 3 rings (SSSR count). The number of rotatable bonds is 5. The summed E-state index contributed by atoms with van der Waals surface area (Å²) in [6, 6.07) is 13.4. The molecule has 0 bridgehead atoms. The van der Waals surface area contributed by atoms with E-state index in [1.54, 1.807) is 0 Å². The molecule has 0 aliphatic rings. The molecule has 5 nitrogen and oxygen atoms in total. The number of anilines is 1. The second kappa shape index (κ2) is 7.93. The van der Waals surface area contributed by atoms with E-state index in [1.807, 2.05) is 67.9 Å². The summed E-state index contributed by atoms with van der Waals surface area (Å²) < 4.78 is 1.84. The molecule has 0 spiro atoms. The molecule has 0 aliphatic heterocycles. The second-order valence-corrected chi connectivity index (χ2v) is 7.33. The number of aryl methyl sites for hydroxylation is 2. The predicted molar refractivity (Wildman–Crippen MR) is 107 cm³/mol. The van der Waals surface area contributed by atoms with Crippen molar-refractivity contribution in [2.75, 3.05) is 11.1 Å². The Balaban J connectivity index is 1.66. The predicted octanol–water partition coefficient (Wildman–Crippen LogP) is 4.48. The normalized spacial score (nSPS) is 10.8. The summed E-state index contributed by atoms with van der Waals surface area (Å²) in [6.07, 6.45) is 0. The number of carbonyl (C=O) groups excluding carboxylic acids is 1. The van der Waals surface area contributed by atoms with Gasteiger partial charge in [-0.25, -0.2) is 0 Å². The highest BCUT2D eigenvalue weighted by atomic mass is 35.5. The van der Waals surface area contributed by atoms with Gasteiger partial charge in [0.25, 0.3) is 0 Å². The van der Waals surface area contributed by atoms with Crippen LogP contribution in [0.5, 0.6) is 0 Å². The lowest BCUT2D eigenvalue weighted by Crippen LogP contribution is -2.14. The first-order valence-electron chi connectivity index (χ1n) is 8.10. The monoisotopic (exact) mass is 386 g/mol. The number of nitrogens with one attached hydrogen (secondary N) is 1. The first-order valence-corrected chi connectivity index (χ1v) is 9.46. The lowest BCUT2D eigenvalue weighted by atomic mass is 10.1. The van der Waals surface area contributed by atoms with Gasteiger partial charge in [0.05, 0.1) is 10.8 Å². The molecule has 0 fully saturated rings. The molecular weight excluding hydrogens is 368 g/mol. The smallest absolute Gasteiger partial charge is 0.234 e. The van der Waals surface area contributed by atoms with Crippen LogP contribution in [0.1, 0.15) is 11.1 Å². The van der Waals surface area contributed by atoms with Crippen molar-refractivity contribution < 1.29 is 4.79 Å². The Morgan fingerprint density at radius 2 is 1.92 bits per heavy atom. The van der Waals surface area contributed by atoms with Gasteiger partial charge in [0.15, 0.2) is 11.0 Å². The largest absolute Gasteiger partial charge is 0.325 e. The number of nitrogens with zero attached hydrogens (tertiary/aromatic N) is 3. The van der Waals surface area contributed by atoms with Crippen molar-refractivity contribution in [3.63, 3.8) is 0 Å². The van der Waals surface area contributed by atoms with Crippen LogP contribution in [0.4, 0.5) is 5.69 Å². The summed E-state index contributed by atoms with van der Waals surface area (Å²) in [5, 5.41) is 12.6. The van der Waals surface area contributed by atoms with Crippen LogP contribution in [0.2, 0.25) is 5.02 Å². The summed E-state index contributed by atoms with van der Waals surface area (Å²) in [5.41, 5.74) is 3.96. The minimum Gasteiger partial charge on any atom is -0.325 e. The van der Waals surface area contributed by atoms with Gasteiger partial charge in [0, 0.05) is 18.3 Å². The molecule has 0 saturated heterocycles. The van der Waals surface area contributed by atoms with Crippen LogP contribution in [0.25, 0.3) is 11.4 Å². The van der Waals surface area contributed by atoms with E-state index in [1.165, 1.54) is 17.3 Å². The molecule has 7 heteroatoms. The highest BCUT2D eigenvalue weighted by Gasteiger charge is 2.15. The number of aromatic nitrogens is 3. The van der Waals surface area contributed by atoms with Crippen LogP contribution < -0.4 is 5.32 Å². The average molecular weight is 387 g/mol. The van der Waals surface area contributed by atoms with Crippen LogP contribution in [0.3, 0.4) is 0 Å². The highest BCUT2D eigenvalue weighted by molar-refractivity contribution is 7.99. The Hall–Kier alpha value is -2.31. The topological polar surface area (TPSA) is 59.8 Å². The first-order chi connectivity index (χ1) is 12.5. The number of amides is 1. The van der Waals surface area contributed by atoms with Crippen molar-refractivity contribution in [1.29, 1.82) is 0 Å². The van der Waals surface area contributed by atoms with Crippen LogP contribution in [0, 0.1) is 13.8 Å². The Morgan fingerprint density at radius 1 is 1.15 bits per heavy atom. The Bertz CT molecular complexity index is 954. The average Bonchev–Trinajstić information content (AvgIpc) is 2.97. The van der Waals surface area contributed by atoms with Gasteiger partial charge in [-0.15, -0.1) is 10.2 Å². The van der Waals surface area contributed by atoms with Crippen molar-refractivity contribution in [3.05, 3.63) is 58.6 Å². The molecule has 0 aliphatic carbocycles. The third-order valence-electron chi connectivity index (χ3n) is 4.07. The molecule has 1 amide bonds. The van der Waals surface area contributed by atoms with Crippen LogP contribution in [0.15, 0.2) is 47.6 Å². The molecule has 3 aromatic rings. The lowest BCUT2D eigenvalue weighted by molar-refractivity contribution is -0.113. The van der Waals surface area contributed by atoms with Gasteiger partial charge in [0.2, 0.25) is 5.91 Å². The fourth-order valence-electron chi connectivity index (χ4n) is 2.46. The van der Waals surface area contributed by atoms with Gasteiger partial charge < -0.3 is 9.88 Å². The molecule has 0 saturated carbocycles. The molecule has 0 atom stereocenters. The second-order valence-electron chi connectivity index (χ2n) is 5.98. The molecule has 2 aromatic carbocycles. The SMILES string of the molecule is Cc1ccc(NC(=O)CSc2nnc(-c3ccccc3Cl)n2C)cc1C. The molecule has 134 valence electrons. The summed E-state index contributed by atoms with van der Waals surface area (Å²) in [5.74, 6) is 0.842. The van der Waals surface area contributed by atoms with Gasteiger partial charge in [-0.2, -0.15) is 0 Å². The highest BCUT2D eigenvalue weighted by Crippen LogP contribution is 2.28. The summed E-state index contributed by atoms with van der Waals surface area (Å²) >= 11 is 7.57. The van der Waals surface area contributed by atoms with E-state index in [4.69, 9.17) is 11.6 Å². The molecule has 0 unspecified atom stereocenters. The van der Waals surface area contributed by atoms with E-state index in [-0.39, 0.29) is 11.7 Å². The zero-order valence-corrected chi connectivity index (χ0v) is 16.4. The number of halogens is 1. The van der Waals surface area contributed by atoms with Crippen molar-refractivity contribution in [2.24, 2.45) is 7.05 Å². The van der Waals surface area contributed by atoms with Gasteiger partial charge in [-0.05, 0) is 49.2 Å². The third kappa shape index (κ3) is 4.08. The van der Waals surface area contributed by atoms with E-state index in [9.17, 15) is 4.79 Å². The fourth-order valence-corrected chi connectivity index (χ4v) is 3.40. The first kappa shape index (κ1) is 18.5. The zero-order valence-electron chi connectivity index (χ0n) is 14.8. The maximum absolute atomic E-state index is 12.2. The number of benzene rings is 2. The summed E-state index contributed by atoms with van der Waals surface area (Å²) in [6.45, 7) is 4.07. The van der Waals surface area contributed by atoms with Gasteiger partial charge in [-0.1, -0.05) is 41.6 Å². The molecule has 1 aromatic heterocycles. The molecule has 1 heterocycles. The van der Waals surface area contributed by atoms with Crippen LogP contribution in [-0.2, 0) is 11.8 Å². The number of thioether (sulfide) groups is 1. The van der Waals surface area contributed by atoms with Crippen molar-refractivity contribution >= 4 is 35.0 Å². The maximum Gasteiger partial charge on any atom is 0.234 e. The quantitative estimate of drug-likeness (QED) is 0.656. The molecule has 0 radical (unpaired) electrons. The number of carbonyl (C=O) groups is 1. The maximum atomic E-state index is 12.2. The van der Waals surface area contributed by atoms with E-state index in [2.05, 4.69) is 15.5 Å². The Kier molecular flexibility index (Phi) is 5.64. The van der Waals surface area contributed by atoms with Gasteiger partial charge in [-0.3, -0.25) is 4.79 Å². The van der Waals surface area contributed by atoms with Crippen molar-refractivity contribution in [1.82, 2.24) is 14.8 Å². The lowest BCUT2D eigenvalue weighted by Gasteiger charge is -2.08. The standard InChI is InChI=1S/C19H19ClN4OS/c1-12-8-9-14(10-13(12)2)21-17(25)11-26-19-23-22-18(24(19)3)15-6-4-5-7-16(15)20/h4-10H,11H2,1-3H3,(H,21,25). The van der Waals surface area contributed by atoms with Gasteiger partial charge >= 0.3 is 0 Å². The fraction of sp³-hybridized carbons (Fsp3) is 0.211. The number of hydrogen-bond donors (Lipinski definition) is 1.